The number of allylic oxidation sites excluding steroid dienone is 1. The van der Waals surface area contributed by atoms with Gasteiger partial charge in [-0.05, 0) is 24.6 Å². The van der Waals surface area contributed by atoms with E-state index in [4.69, 9.17) is 4.74 Å². The van der Waals surface area contributed by atoms with Crippen molar-refractivity contribution in [2.24, 2.45) is 0 Å². The van der Waals surface area contributed by atoms with Crippen molar-refractivity contribution in [1.82, 2.24) is 0 Å². The Balaban J connectivity index is 2.68. The molecule has 2 nitrogen and oxygen atoms in total. The van der Waals surface area contributed by atoms with E-state index in [-0.39, 0.29) is 0 Å². The molecule has 0 unspecified atom stereocenters. The monoisotopic (exact) mass is 204 g/mol. The standard InChI is InChI=1S/C13H16O2/c1-2-3-11-15-13-9-5-4-7-12(13)8-6-10-14/h4-10H,2-3,11H2,1H3/b8-6+. The van der Waals surface area contributed by atoms with Crippen LogP contribution in [0.2, 0.25) is 0 Å². The lowest BCUT2D eigenvalue weighted by atomic mass is 10.2. The van der Waals surface area contributed by atoms with E-state index in [1.807, 2.05) is 24.3 Å². The fourth-order valence-corrected chi connectivity index (χ4v) is 1.22. The van der Waals surface area contributed by atoms with E-state index in [0.717, 1.165) is 37.0 Å². The number of para-hydroxylation sites is 1. The van der Waals surface area contributed by atoms with Crippen LogP contribution in [0.15, 0.2) is 30.3 Å². The summed E-state index contributed by atoms with van der Waals surface area (Å²) in [4.78, 5) is 10.2. The third-order valence-electron chi connectivity index (χ3n) is 2.03. The van der Waals surface area contributed by atoms with E-state index < -0.39 is 0 Å². The Labute approximate surface area is 90.6 Å². The first-order chi connectivity index (χ1) is 7.38. The van der Waals surface area contributed by atoms with Gasteiger partial charge in [0.2, 0.25) is 0 Å². The summed E-state index contributed by atoms with van der Waals surface area (Å²) in [6.07, 6.45) is 6.16. The molecule has 0 fully saturated rings. The van der Waals surface area contributed by atoms with E-state index in [1.54, 1.807) is 6.08 Å². The molecule has 0 aromatic heterocycles. The predicted molar refractivity (Wildman–Crippen MR) is 61.9 cm³/mol. The van der Waals surface area contributed by atoms with E-state index in [2.05, 4.69) is 6.92 Å². The van der Waals surface area contributed by atoms with Crippen LogP contribution in [0.3, 0.4) is 0 Å². The van der Waals surface area contributed by atoms with Crippen LogP contribution in [-0.2, 0) is 4.79 Å². The smallest absolute Gasteiger partial charge is 0.142 e. The Morgan fingerprint density at radius 3 is 2.87 bits per heavy atom. The summed E-state index contributed by atoms with van der Waals surface area (Å²) in [6, 6.07) is 7.71. The molecule has 0 heterocycles. The number of carbonyl (C=O) groups is 1. The van der Waals surface area contributed by atoms with Gasteiger partial charge in [0, 0.05) is 5.56 Å². The van der Waals surface area contributed by atoms with Gasteiger partial charge >= 0.3 is 0 Å². The minimum atomic E-state index is 0.725. The average molecular weight is 204 g/mol. The highest BCUT2D eigenvalue weighted by atomic mass is 16.5. The van der Waals surface area contributed by atoms with E-state index in [9.17, 15) is 4.79 Å². The van der Waals surface area contributed by atoms with Crippen LogP contribution in [0.1, 0.15) is 25.3 Å². The topological polar surface area (TPSA) is 26.3 Å². The second-order valence-electron chi connectivity index (χ2n) is 3.24. The highest BCUT2D eigenvalue weighted by Crippen LogP contribution is 2.19. The van der Waals surface area contributed by atoms with Gasteiger partial charge in [0.05, 0.1) is 6.61 Å². The summed E-state index contributed by atoms with van der Waals surface area (Å²) in [7, 11) is 0. The van der Waals surface area contributed by atoms with Gasteiger partial charge in [0.25, 0.3) is 0 Å². The van der Waals surface area contributed by atoms with Crippen LogP contribution < -0.4 is 4.74 Å². The number of unbranched alkanes of at least 4 members (excludes halogenated alkanes) is 1. The van der Waals surface area contributed by atoms with E-state index in [0.29, 0.717) is 0 Å². The highest BCUT2D eigenvalue weighted by molar-refractivity contribution is 5.75. The quantitative estimate of drug-likeness (QED) is 0.404. The average Bonchev–Trinajstić information content (AvgIpc) is 2.28. The lowest BCUT2D eigenvalue weighted by Gasteiger charge is -2.07. The SMILES string of the molecule is CCCCOc1ccccc1/C=C/C=O. The number of hydrogen-bond acceptors (Lipinski definition) is 2. The molecule has 1 rings (SSSR count). The maximum absolute atomic E-state index is 10.2. The van der Waals surface area contributed by atoms with Crippen LogP contribution in [0.4, 0.5) is 0 Å². The second kappa shape index (κ2) is 6.82. The molecule has 0 atom stereocenters. The molecule has 0 N–H and O–H groups in total. The lowest BCUT2D eigenvalue weighted by molar-refractivity contribution is -0.104. The summed E-state index contributed by atoms with van der Waals surface area (Å²) in [6.45, 7) is 2.85. The van der Waals surface area contributed by atoms with Gasteiger partial charge in [-0.2, -0.15) is 0 Å². The third kappa shape index (κ3) is 3.98. The first-order valence-electron chi connectivity index (χ1n) is 5.22. The number of aldehydes is 1. The molecule has 0 spiro atoms. The van der Waals surface area contributed by atoms with Crippen LogP contribution >= 0.6 is 0 Å². The van der Waals surface area contributed by atoms with Crippen LogP contribution in [0, 0.1) is 0 Å². The molecule has 2 heteroatoms. The Morgan fingerprint density at radius 2 is 2.13 bits per heavy atom. The minimum absolute atomic E-state index is 0.725. The molecule has 15 heavy (non-hydrogen) atoms. The van der Waals surface area contributed by atoms with Crippen molar-refractivity contribution < 1.29 is 9.53 Å². The van der Waals surface area contributed by atoms with Gasteiger partial charge in [-0.3, -0.25) is 4.79 Å². The molecular weight excluding hydrogens is 188 g/mol. The van der Waals surface area contributed by atoms with Crippen LogP contribution in [-0.4, -0.2) is 12.9 Å². The van der Waals surface area contributed by atoms with Gasteiger partial charge in [-0.15, -0.1) is 0 Å². The maximum atomic E-state index is 10.2. The highest BCUT2D eigenvalue weighted by Gasteiger charge is 1.98. The number of rotatable bonds is 6. The van der Waals surface area contributed by atoms with Crippen molar-refractivity contribution in [1.29, 1.82) is 0 Å². The second-order valence-corrected chi connectivity index (χ2v) is 3.24. The molecule has 0 saturated heterocycles. The fourth-order valence-electron chi connectivity index (χ4n) is 1.22. The Hall–Kier alpha value is -1.57. The van der Waals surface area contributed by atoms with Gasteiger partial charge in [0.1, 0.15) is 12.0 Å². The van der Waals surface area contributed by atoms with Crippen LogP contribution in [0.5, 0.6) is 5.75 Å². The Morgan fingerprint density at radius 1 is 1.33 bits per heavy atom. The van der Waals surface area contributed by atoms with E-state index in [1.165, 1.54) is 6.08 Å². The molecule has 1 aromatic rings. The van der Waals surface area contributed by atoms with Crippen molar-refractivity contribution in [3.8, 4) is 5.75 Å². The first-order valence-corrected chi connectivity index (χ1v) is 5.22. The first kappa shape index (κ1) is 11.5. The third-order valence-corrected chi connectivity index (χ3v) is 2.03. The predicted octanol–water partition coefficient (Wildman–Crippen LogP) is 3.08. The Kier molecular flexibility index (Phi) is 5.23. The van der Waals surface area contributed by atoms with Gasteiger partial charge < -0.3 is 4.74 Å². The fraction of sp³-hybridized carbons (Fsp3) is 0.308. The molecule has 0 aliphatic carbocycles. The van der Waals surface area contributed by atoms with Gasteiger partial charge in [-0.1, -0.05) is 31.5 Å². The molecule has 0 amide bonds. The maximum Gasteiger partial charge on any atom is 0.142 e. The summed E-state index contributed by atoms with van der Waals surface area (Å²) in [5.74, 6) is 0.837. The largest absolute Gasteiger partial charge is 0.493 e. The van der Waals surface area contributed by atoms with Crippen LogP contribution in [0.25, 0.3) is 6.08 Å². The number of hydrogen-bond donors (Lipinski definition) is 0. The number of ether oxygens (including phenoxy) is 1. The summed E-state index contributed by atoms with van der Waals surface area (Å²) >= 11 is 0. The van der Waals surface area contributed by atoms with Gasteiger partial charge in [-0.25, -0.2) is 0 Å². The molecule has 1 aromatic carbocycles. The molecule has 0 aliphatic rings. The normalized spacial score (nSPS) is 10.5. The number of benzene rings is 1. The van der Waals surface area contributed by atoms with Crippen molar-refractivity contribution in [3.05, 3.63) is 35.9 Å². The number of carbonyl (C=O) groups excluding carboxylic acids is 1. The van der Waals surface area contributed by atoms with Crippen molar-refractivity contribution in [2.45, 2.75) is 19.8 Å². The van der Waals surface area contributed by atoms with E-state index >= 15 is 0 Å². The minimum Gasteiger partial charge on any atom is -0.493 e. The van der Waals surface area contributed by atoms with Crippen molar-refractivity contribution in [3.63, 3.8) is 0 Å². The van der Waals surface area contributed by atoms with Crippen molar-refractivity contribution >= 4 is 12.4 Å². The summed E-state index contributed by atoms with van der Waals surface area (Å²) in [5.41, 5.74) is 0.945. The summed E-state index contributed by atoms with van der Waals surface area (Å²) in [5, 5.41) is 0. The molecule has 0 saturated carbocycles. The van der Waals surface area contributed by atoms with Gasteiger partial charge in [0.15, 0.2) is 0 Å². The molecule has 0 bridgehead atoms. The molecule has 0 aliphatic heterocycles. The lowest BCUT2D eigenvalue weighted by Crippen LogP contribution is -1.97. The van der Waals surface area contributed by atoms with Crippen molar-refractivity contribution in [2.75, 3.05) is 6.61 Å². The zero-order valence-corrected chi connectivity index (χ0v) is 8.98. The Bertz CT molecular complexity index is 329. The summed E-state index contributed by atoms with van der Waals surface area (Å²) < 4.78 is 5.61. The zero-order chi connectivity index (χ0) is 10.9. The molecular formula is C13H16O2. The molecule has 80 valence electrons. The zero-order valence-electron chi connectivity index (χ0n) is 8.98. The molecule has 0 radical (unpaired) electrons.